The molecule has 1 aromatic heterocycles. The summed E-state index contributed by atoms with van der Waals surface area (Å²) in [6.07, 6.45) is 12.1. The van der Waals surface area contributed by atoms with Crippen LogP contribution >= 0.6 is 0 Å². The van der Waals surface area contributed by atoms with Gasteiger partial charge in [0.25, 0.3) is 0 Å². The van der Waals surface area contributed by atoms with Crippen molar-refractivity contribution in [1.82, 2.24) is 0 Å². The third kappa shape index (κ3) is 2.60. The van der Waals surface area contributed by atoms with Gasteiger partial charge in [-0.05, 0) is 73.8 Å². The quantitative estimate of drug-likeness (QED) is 0.664. The Morgan fingerprint density at radius 1 is 0.913 bits per heavy atom. The summed E-state index contributed by atoms with van der Waals surface area (Å²) in [5.41, 5.74) is 9.34. The molecule has 120 valence electrons. The second-order valence-corrected chi connectivity index (χ2v) is 8.05. The number of rotatable bonds is 1. The van der Waals surface area contributed by atoms with Crippen LogP contribution in [0.25, 0.3) is 11.3 Å². The fraction of sp³-hybridized carbons (Fsp3) is 0.500. The minimum Gasteiger partial charge on any atom is -0.201 e. The highest BCUT2D eigenvalue weighted by molar-refractivity contribution is 5.64. The molecule has 2 aliphatic rings. The molecular formula is C22H28N+. The van der Waals surface area contributed by atoms with E-state index in [1.807, 2.05) is 0 Å². The van der Waals surface area contributed by atoms with Crippen LogP contribution in [0.3, 0.4) is 0 Å². The van der Waals surface area contributed by atoms with Gasteiger partial charge in [0.15, 0.2) is 6.20 Å². The van der Waals surface area contributed by atoms with Crippen molar-refractivity contribution in [3.05, 3.63) is 52.7 Å². The standard InChI is InChI=1S/C22H28N/c1-16-7-8-21(23(3)15-16)20-12-19-14-22(9-5-4-6-10-22)13-18(19)11-17(20)2/h7-8,11-12,15H,4-6,9-10,13-14H2,1-3H3/q+1. The van der Waals surface area contributed by atoms with E-state index in [2.05, 4.69) is 55.9 Å². The van der Waals surface area contributed by atoms with Crippen molar-refractivity contribution in [3.63, 3.8) is 0 Å². The maximum absolute atomic E-state index is 2.50. The predicted molar refractivity (Wildman–Crippen MR) is 95.5 cm³/mol. The van der Waals surface area contributed by atoms with Crippen molar-refractivity contribution >= 4 is 0 Å². The first-order valence-corrected chi connectivity index (χ1v) is 9.15. The fourth-order valence-corrected chi connectivity index (χ4v) is 4.97. The molecule has 1 saturated carbocycles. The highest BCUT2D eigenvalue weighted by Crippen LogP contribution is 2.48. The third-order valence-electron chi connectivity index (χ3n) is 6.15. The first kappa shape index (κ1) is 14.9. The van der Waals surface area contributed by atoms with Gasteiger partial charge in [-0.25, -0.2) is 4.57 Å². The molecule has 1 fully saturated rings. The zero-order valence-electron chi connectivity index (χ0n) is 14.8. The van der Waals surface area contributed by atoms with Gasteiger partial charge in [0.1, 0.15) is 7.05 Å². The molecule has 2 aliphatic carbocycles. The van der Waals surface area contributed by atoms with E-state index in [-0.39, 0.29) is 0 Å². The van der Waals surface area contributed by atoms with Gasteiger partial charge in [-0.2, -0.15) is 0 Å². The lowest BCUT2D eigenvalue weighted by atomic mass is 9.72. The minimum atomic E-state index is 0.598. The number of aromatic nitrogens is 1. The Labute approximate surface area is 140 Å². The van der Waals surface area contributed by atoms with Crippen LogP contribution < -0.4 is 4.57 Å². The summed E-state index contributed by atoms with van der Waals surface area (Å²) in [6, 6.07) is 9.48. The fourth-order valence-electron chi connectivity index (χ4n) is 4.97. The molecule has 0 saturated heterocycles. The maximum atomic E-state index is 2.50. The largest absolute Gasteiger partial charge is 0.212 e. The Morgan fingerprint density at radius 3 is 2.30 bits per heavy atom. The van der Waals surface area contributed by atoms with Crippen LogP contribution in [0.2, 0.25) is 0 Å². The SMILES string of the molecule is Cc1ccc(-c2cc3c(cc2C)CC2(CCCCC2)C3)[n+](C)c1. The minimum absolute atomic E-state index is 0.598. The zero-order valence-corrected chi connectivity index (χ0v) is 14.8. The van der Waals surface area contributed by atoms with Crippen LogP contribution in [0.1, 0.15) is 54.4 Å². The van der Waals surface area contributed by atoms with Crippen molar-refractivity contribution in [3.8, 4) is 11.3 Å². The molecule has 0 radical (unpaired) electrons. The Bertz CT molecular complexity index is 751. The number of pyridine rings is 1. The summed E-state index contributed by atoms with van der Waals surface area (Å²) in [5, 5.41) is 0. The van der Waals surface area contributed by atoms with E-state index in [0.717, 1.165) is 0 Å². The van der Waals surface area contributed by atoms with Crippen molar-refractivity contribution in [2.75, 3.05) is 0 Å². The average molecular weight is 306 g/mol. The molecule has 1 aromatic carbocycles. The van der Waals surface area contributed by atoms with Gasteiger partial charge in [0.2, 0.25) is 5.69 Å². The van der Waals surface area contributed by atoms with E-state index in [9.17, 15) is 0 Å². The van der Waals surface area contributed by atoms with E-state index >= 15 is 0 Å². The second kappa shape index (κ2) is 5.47. The van der Waals surface area contributed by atoms with Crippen LogP contribution in [0.15, 0.2) is 30.5 Å². The van der Waals surface area contributed by atoms with Crippen LogP contribution in [-0.4, -0.2) is 0 Å². The molecular weight excluding hydrogens is 278 g/mol. The first-order chi connectivity index (χ1) is 11.1. The van der Waals surface area contributed by atoms with Crippen LogP contribution in [-0.2, 0) is 19.9 Å². The van der Waals surface area contributed by atoms with Gasteiger partial charge in [-0.1, -0.05) is 25.3 Å². The van der Waals surface area contributed by atoms with Crippen LogP contribution in [0, 0.1) is 19.3 Å². The molecule has 4 rings (SSSR count). The van der Waals surface area contributed by atoms with Crippen LogP contribution in [0.5, 0.6) is 0 Å². The Hall–Kier alpha value is -1.63. The van der Waals surface area contributed by atoms with E-state index in [4.69, 9.17) is 0 Å². The Kier molecular flexibility index (Phi) is 3.55. The van der Waals surface area contributed by atoms with Gasteiger partial charge in [-0.3, -0.25) is 0 Å². The lowest BCUT2D eigenvalue weighted by molar-refractivity contribution is -0.660. The summed E-state index contributed by atoms with van der Waals surface area (Å²) < 4.78 is 2.27. The predicted octanol–water partition coefficient (Wildman–Crippen LogP) is 4.84. The average Bonchev–Trinajstić information content (AvgIpc) is 2.84. The van der Waals surface area contributed by atoms with Crippen molar-refractivity contribution in [2.45, 2.75) is 58.8 Å². The lowest BCUT2D eigenvalue weighted by Crippen LogP contribution is -2.31. The highest BCUT2D eigenvalue weighted by Gasteiger charge is 2.38. The topological polar surface area (TPSA) is 3.88 Å². The Balaban J connectivity index is 1.74. The van der Waals surface area contributed by atoms with Crippen LogP contribution in [0.4, 0.5) is 0 Å². The molecule has 0 aliphatic heterocycles. The van der Waals surface area contributed by atoms with Gasteiger partial charge in [0.05, 0.1) is 0 Å². The molecule has 0 amide bonds. The van der Waals surface area contributed by atoms with E-state index in [0.29, 0.717) is 5.41 Å². The monoisotopic (exact) mass is 306 g/mol. The van der Waals surface area contributed by atoms with Gasteiger partial charge >= 0.3 is 0 Å². The van der Waals surface area contributed by atoms with E-state index in [1.54, 1.807) is 11.1 Å². The second-order valence-electron chi connectivity index (χ2n) is 8.05. The summed E-state index contributed by atoms with van der Waals surface area (Å²) in [7, 11) is 2.16. The molecule has 1 heteroatoms. The number of nitrogens with zero attached hydrogens (tertiary/aromatic N) is 1. The number of aryl methyl sites for hydroxylation is 3. The molecule has 0 atom stereocenters. The van der Waals surface area contributed by atoms with Gasteiger partial charge in [0, 0.05) is 17.2 Å². The van der Waals surface area contributed by atoms with Crippen molar-refractivity contribution < 1.29 is 4.57 Å². The number of hydrogen-bond acceptors (Lipinski definition) is 0. The maximum Gasteiger partial charge on any atom is 0.212 e. The highest BCUT2D eigenvalue weighted by atomic mass is 14.9. The lowest BCUT2D eigenvalue weighted by Gasteiger charge is -2.33. The van der Waals surface area contributed by atoms with Gasteiger partial charge in [-0.15, -0.1) is 0 Å². The zero-order chi connectivity index (χ0) is 16.0. The van der Waals surface area contributed by atoms with E-state index < -0.39 is 0 Å². The third-order valence-corrected chi connectivity index (χ3v) is 6.15. The number of fused-ring (bicyclic) bond motifs is 1. The molecule has 23 heavy (non-hydrogen) atoms. The molecule has 0 bridgehead atoms. The smallest absolute Gasteiger partial charge is 0.201 e. The molecule has 0 unspecified atom stereocenters. The normalized spacial score (nSPS) is 19.1. The molecule has 1 spiro atoms. The summed E-state index contributed by atoms with van der Waals surface area (Å²) in [4.78, 5) is 0. The molecule has 2 aromatic rings. The van der Waals surface area contributed by atoms with E-state index in [1.165, 1.54) is 67.3 Å². The van der Waals surface area contributed by atoms with Crippen molar-refractivity contribution in [1.29, 1.82) is 0 Å². The van der Waals surface area contributed by atoms with Gasteiger partial charge < -0.3 is 0 Å². The number of hydrogen-bond donors (Lipinski definition) is 0. The summed E-state index contributed by atoms with van der Waals surface area (Å²) in [6.45, 7) is 4.44. The molecule has 1 nitrogen and oxygen atoms in total. The summed E-state index contributed by atoms with van der Waals surface area (Å²) in [5.74, 6) is 0. The first-order valence-electron chi connectivity index (χ1n) is 9.15. The Morgan fingerprint density at radius 2 is 1.61 bits per heavy atom. The summed E-state index contributed by atoms with van der Waals surface area (Å²) >= 11 is 0. The number of benzene rings is 1. The molecule has 0 N–H and O–H groups in total. The molecule has 1 heterocycles. The van der Waals surface area contributed by atoms with Crippen molar-refractivity contribution in [2.24, 2.45) is 12.5 Å².